The molecule has 1 atom stereocenters. The number of primary amides is 1. The molecule has 2 heterocycles. The Balaban J connectivity index is 1.74. The molecule has 1 aromatic carbocycles. The molecule has 9 nitrogen and oxygen atoms in total. The lowest BCUT2D eigenvalue weighted by atomic mass is 10.1. The van der Waals surface area contributed by atoms with Gasteiger partial charge in [0.15, 0.2) is 0 Å². The van der Waals surface area contributed by atoms with E-state index in [-0.39, 0.29) is 34.6 Å². The van der Waals surface area contributed by atoms with E-state index in [2.05, 4.69) is 4.98 Å². The van der Waals surface area contributed by atoms with Crippen LogP contribution in [0.1, 0.15) is 33.7 Å². The molecule has 1 unspecified atom stereocenters. The second kappa shape index (κ2) is 8.22. The van der Waals surface area contributed by atoms with Gasteiger partial charge in [0, 0.05) is 30.9 Å². The van der Waals surface area contributed by atoms with Crippen molar-refractivity contribution >= 4 is 29.1 Å². The third-order valence-corrected chi connectivity index (χ3v) is 4.67. The first-order valence-electron chi connectivity index (χ1n) is 8.51. The molecule has 1 aliphatic rings. The van der Waals surface area contributed by atoms with Crippen LogP contribution in [0, 0.1) is 10.1 Å². The summed E-state index contributed by atoms with van der Waals surface area (Å²) in [6.07, 6.45) is 2.51. The number of ether oxygens (including phenoxy) is 1. The molecule has 0 spiro atoms. The highest BCUT2D eigenvalue weighted by Gasteiger charge is 2.28. The largest absolute Gasteiger partial charge is 0.488 e. The number of nitro benzene ring substituents is 1. The summed E-state index contributed by atoms with van der Waals surface area (Å²) in [5, 5.41) is 11.1. The molecule has 2 aromatic rings. The number of hydrogen-bond donors (Lipinski definition) is 1. The first-order chi connectivity index (χ1) is 13.3. The molecular formula is C18H17ClN4O5. The van der Waals surface area contributed by atoms with Gasteiger partial charge < -0.3 is 15.4 Å². The standard InChI is InChI=1S/C18H17ClN4O5/c19-15-4-3-11(23(26)27)8-14(15)18(25)22-7-1-2-13(10-22)28-12-5-6-21-16(9-12)17(20)24/h3-6,8-9,13H,1-2,7,10H2,(H2,20,24). The third kappa shape index (κ3) is 4.37. The Morgan fingerprint density at radius 1 is 1.32 bits per heavy atom. The lowest BCUT2D eigenvalue weighted by molar-refractivity contribution is -0.384. The fraction of sp³-hybridized carbons (Fsp3) is 0.278. The van der Waals surface area contributed by atoms with E-state index in [9.17, 15) is 19.7 Å². The van der Waals surface area contributed by atoms with Gasteiger partial charge in [0.05, 0.1) is 22.1 Å². The van der Waals surface area contributed by atoms with Crippen LogP contribution in [-0.2, 0) is 0 Å². The van der Waals surface area contributed by atoms with Crippen molar-refractivity contribution in [3.05, 3.63) is 62.9 Å². The number of hydrogen-bond acceptors (Lipinski definition) is 6. The van der Waals surface area contributed by atoms with E-state index in [0.717, 1.165) is 0 Å². The van der Waals surface area contributed by atoms with E-state index >= 15 is 0 Å². The molecule has 2 N–H and O–H groups in total. The maximum Gasteiger partial charge on any atom is 0.270 e. The molecule has 0 radical (unpaired) electrons. The lowest BCUT2D eigenvalue weighted by Gasteiger charge is -2.33. The van der Waals surface area contributed by atoms with Crippen LogP contribution in [0.15, 0.2) is 36.5 Å². The maximum absolute atomic E-state index is 12.8. The average Bonchev–Trinajstić information content (AvgIpc) is 2.68. The van der Waals surface area contributed by atoms with Crippen LogP contribution in [0.3, 0.4) is 0 Å². The zero-order valence-corrected chi connectivity index (χ0v) is 15.5. The molecule has 0 aliphatic carbocycles. The SMILES string of the molecule is NC(=O)c1cc(OC2CCCN(C(=O)c3cc([N+](=O)[O-])ccc3Cl)C2)ccn1. The number of carbonyl (C=O) groups is 2. The van der Waals surface area contributed by atoms with Crippen molar-refractivity contribution in [1.29, 1.82) is 0 Å². The van der Waals surface area contributed by atoms with E-state index in [4.69, 9.17) is 22.1 Å². The van der Waals surface area contributed by atoms with E-state index in [0.29, 0.717) is 25.1 Å². The highest BCUT2D eigenvalue weighted by atomic mass is 35.5. The molecule has 0 bridgehead atoms. The van der Waals surface area contributed by atoms with Gasteiger partial charge in [0.2, 0.25) is 0 Å². The maximum atomic E-state index is 12.8. The molecule has 28 heavy (non-hydrogen) atoms. The summed E-state index contributed by atoms with van der Waals surface area (Å²) in [6, 6.07) is 6.82. The molecule has 1 aromatic heterocycles. The minimum atomic E-state index is -0.661. The summed E-state index contributed by atoms with van der Waals surface area (Å²) < 4.78 is 5.87. The number of piperidine rings is 1. The number of likely N-dealkylation sites (tertiary alicyclic amines) is 1. The Hall–Kier alpha value is -3.20. The minimum absolute atomic E-state index is 0.0800. The average molecular weight is 405 g/mol. The molecule has 2 amide bonds. The van der Waals surface area contributed by atoms with Crippen molar-refractivity contribution in [2.45, 2.75) is 18.9 Å². The molecule has 146 valence electrons. The van der Waals surface area contributed by atoms with Gasteiger partial charge in [-0.1, -0.05) is 11.6 Å². The third-order valence-electron chi connectivity index (χ3n) is 4.34. The summed E-state index contributed by atoms with van der Waals surface area (Å²) in [7, 11) is 0. The normalized spacial score (nSPS) is 16.5. The Kier molecular flexibility index (Phi) is 5.74. The van der Waals surface area contributed by atoms with Crippen molar-refractivity contribution in [3.63, 3.8) is 0 Å². The zero-order chi connectivity index (χ0) is 20.3. The Bertz CT molecular complexity index is 936. The number of rotatable bonds is 5. The number of pyridine rings is 1. The van der Waals surface area contributed by atoms with Gasteiger partial charge >= 0.3 is 0 Å². The van der Waals surface area contributed by atoms with Crippen molar-refractivity contribution in [1.82, 2.24) is 9.88 Å². The van der Waals surface area contributed by atoms with E-state index < -0.39 is 16.7 Å². The second-order valence-electron chi connectivity index (χ2n) is 6.30. The zero-order valence-electron chi connectivity index (χ0n) is 14.7. The van der Waals surface area contributed by atoms with E-state index in [1.807, 2.05) is 0 Å². The van der Waals surface area contributed by atoms with Gasteiger partial charge in [0.25, 0.3) is 17.5 Å². The monoisotopic (exact) mass is 404 g/mol. The fourth-order valence-corrected chi connectivity index (χ4v) is 3.19. The van der Waals surface area contributed by atoms with Gasteiger partial charge in [0.1, 0.15) is 17.5 Å². The van der Waals surface area contributed by atoms with Crippen molar-refractivity contribution in [3.8, 4) is 5.75 Å². The van der Waals surface area contributed by atoms with Gasteiger partial charge in [-0.05, 0) is 25.0 Å². The topological polar surface area (TPSA) is 129 Å². The van der Waals surface area contributed by atoms with E-state index in [1.54, 1.807) is 11.0 Å². The van der Waals surface area contributed by atoms with Crippen LogP contribution in [-0.4, -0.2) is 45.8 Å². The summed E-state index contributed by atoms with van der Waals surface area (Å²) >= 11 is 6.08. The number of halogens is 1. The number of non-ortho nitro benzene ring substituents is 1. The molecule has 1 aliphatic heterocycles. The van der Waals surface area contributed by atoms with Crippen LogP contribution in [0.25, 0.3) is 0 Å². The van der Waals surface area contributed by atoms with E-state index in [1.165, 1.54) is 30.5 Å². The van der Waals surface area contributed by atoms with Crippen LogP contribution < -0.4 is 10.5 Å². The molecule has 0 saturated carbocycles. The number of amides is 2. The van der Waals surface area contributed by atoms with Crippen LogP contribution in [0.2, 0.25) is 5.02 Å². The van der Waals surface area contributed by atoms with Crippen molar-refractivity contribution in [2.24, 2.45) is 5.73 Å². The predicted octanol–water partition coefficient (Wildman–Crippen LogP) is 2.43. The number of benzene rings is 1. The molecule has 1 fully saturated rings. The minimum Gasteiger partial charge on any atom is -0.488 e. The predicted molar refractivity (Wildman–Crippen MR) is 100 cm³/mol. The number of carbonyl (C=O) groups excluding carboxylic acids is 2. The fourth-order valence-electron chi connectivity index (χ4n) is 2.99. The summed E-state index contributed by atoms with van der Waals surface area (Å²) in [4.78, 5) is 39.9. The molecular weight excluding hydrogens is 388 g/mol. The number of aromatic nitrogens is 1. The summed E-state index contributed by atoms with van der Waals surface area (Å²) in [5.74, 6) is -0.628. The summed E-state index contributed by atoms with van der Waals surface area (Å²) in [6.45, 7) is 0.771. The number of nitro groups is 1. The van der Waals surface area contributed by atoms with Crippen LogP contribution in [0.4, 0.5) is 5.69 Å². The van der Waals surface area contributed by atoms with Gasteiger partial charge in [-0.2, -0.15) is 0 Å². The van der Waals surface area contributed by atoms with Crippen molar-refractivity contribution < 1.29 is 19.2 Å². The second-order valence-corrected chi connectivity index (χ2v) is 6.70. The highest BCUT2D eigenvalue weighted by molar-refractivity contribution is 6.33. The highest BCUT2D eigenvalue weighted by Crippen LogP contribution is 2.26. The number of nitrogens with two attached hydrogens (primary N) is 1. The first-order valence-corrected chi connectivity index (χ1v) is 8.88. The quantitative estimate of drug-likeness (QED) is 0.601. The van der Waals surface area contributed by atoms with Gasteiger partial charge in [-0.3, -0.25) is 24.7 Å². The lowest BCUT2D eigenvalue weighted by Crippen LogP contribution is -2.44. The van der Waals surface area contributed by atoms with Gasteiger partial charge in [-0.25, -0.2) is 0 Å². The Morgan fingerprint density at radius 3 is 2.82 bits per heavy atom. The van der Waals surface area contributed by atoms with Crippen LogP contribution in [0.5, 0.6) is 5.75 Å². The Labute approximate surface area is 165 Å². The number of nitrogens with zero attached hydrogens (tertiary/aromatic N) is 3. The molecule has 3 rings (SSSR count). The smallest absolute Gasteiger partial charge is 0.270 e. The van der Waals surface area contributed by atoms with Gasteiger partial charge in [-0.15, -0.1) is 0 Å². The molecule has 1 saturated heterocycles. The van der Waals surface area contributed by atoms with Crippen LogP contribution >= 0.6 is 11.6 Å². The first kappa shape index (κ1) is 19.6. The molecule has 10 heteroatoms. The summed E-state index contributed by atoms with van der Waals surface area (Å²) in [5.41, 5.74) is 5.19. The van der Waals surface area contributed by atoms with Crippen molar-refractivity contribution in [2.75, 3.05) is 13.1 Å². The Morgan fingerprint density at radius 2 is 2.11 bits per heavy atom.